The van der Waals surface area contributed by atoms with Gasteiger partial charge < -0.3 is 9.30 Å². The molecule has 3 unspecified atom stereocenters. The molecule has 2 aromatic rings. The summed E-state index contributed by atoms with van der Waals surface area (Å²) in [4.78, 5) is 4.52. The maximum Gasteiger partial charge on any atom is 0.144 e. The molecule has 0 saturated carbocycles. The highest BCUT2D eigenvalue weighted by Gasteiger charge is 2.27. The Morgan fingerprint density at radius 2 is 2.29 bits per heavy atom. The van der Waals surface area contributed by atoms with Crippen molar-refractivity contribution in [3.63, 3.8) is 0 Å². The number of imidazole rings is 1. The number of nitrogens with zero attached hydrogens (tertiary/aromatic N) is 2. The zero-order valence-corrected chi connectivity index (χ0v) is 13.5. The van der Waals surface area contributed by atoms with E-state index in [0.29, 0.717) is 11.4 Å². The first-order chi connectivity index (χ1) is 9.97. The second-order valence-corrected chi connectivity index (χ2v) is 6.64. The van der Waals surface area contributed by atoms with Gasteiger partial charge in [-0.05, 0) is 26.3 Å². The Hall–Kier alpha value is -0.840. The van der Waals surface area contributed by atoms with Crippen LogP contribution in [0.2, 0.25) is 5.02 Å². The number of aromatic nitrogens is 2. The highest BCUT2D eigenvalue weighted by molar-refractivity contribution is 6.31. The Kier molecular flexibility index (Phi) is 4.12. The van der Waals surface area contributed by atoms with Crippen LogP contribution in [0.15, 0.2) is 12.1 Å². The smallest absolute Gasteiger partial charge is 0.144 e. The maximum absolute atomic E-state index is 13.8. The molecule has 2 heterocycles. The van der Waals surface area contributed by atoms with Gasteiger partial charge in [0.25, 0.3) is 0 Å². The summed E-state index contributed by atoms with van der Waals surface area (Å²) < 4.78 is 21.4. The van der Waals surface area contributed by atoms with Crippen molar-refractivity contribution in [1.82, 2.24) is 9.55 Å². The third kappa shape index (κ3) is 2.77. The maximum atomic E-state index is 13.8. The predicted octanol–water partition coefficient (Wildman–Crippen LogP) is 4.55. The average Bonchev–Trinajstić information content (AvgIpc) is 2.97. The van der Waals surface area contributed by atoms with Gasteiger partial charge in [0, 0.05) is 25.1 Å². The van der Waals surface area contributed by atoms with Crippen molar-refractivity contribution >= 4 is 34.2 Å². The average molecular weight is 331 g/mol. The van der Waals surface area contributed by atoms with Gasteiger partial charge in [0.1, 0.15) is 11.6 Å². The fraction of sp³-hybridized carbons (Fsp3) is 0.533. The van der Waals surface area contributed by atoms with E-state index < -0.39 is 5.82 Å². The van der Waals surface area contributed by atoms with Crippen molar-refractivity contribution in [3.05, 3.63) is 28.8 Å². The van der Waals surface area contributed by atoms with Gasteiger partial charge in [-0.1, -0.05) is 11.6 Å². The third-order valence-electron chi connectivity index (χ3n) is 4.13. The zero-order valence-electron chi connectivity index (χ0n) is 11.9. The van der Waals surface area contributed by atoms with E-state index in [9.17, 15) is 4.39 Å². The van der Waals surface area contributed by atoms with Gasteiger partial charge in [0.15, 0.2) is 0 Å². The lowest BCUT2D eigenvalue weighted by molar-refractivity contribution is 0.102. The molecular formula is C15H17Cl2FN2O. The molecule has 1 aromatic heterocycles. The molecule has 0 N–H and O–H groups in total. The number of rotatable bonds is 3. The number of hydrogen-bond donors (Lipinski definition) is 0. The minimum absolute atomic E-state index is 0.0819. The van der Waals surface area contributed by atoms with Crippen LogP contribution < -0.4 is 0 Å². The fourth-order valence-electron chi connectivity index (χ4n) is 2.88. The Morgan fingerprint density at radius 3 is 2.90 bits per heavy atom. The SMILES string of the molecule is CC(Cl)c1nc2cc(Cl)c(F)cc2n1CC1CCOC1C. The first-order valence-corrected chi connectivity index (χ1v) is 7.89. The summed E-state index contributed by atoms with van der Waals surface area (Å²) in [5, 5.41) is -0.171. The van der Waals surface area contributed by atoms with E-state index in [-0.39, 0.29) is 16.5 Å². The van der Waals surface area contributed by atoms with Crippen LogP contribution in [-0.2, 0) is 11.3 Å². The molecule has 0 spiro atoms. The van der Waals surface area contributed by atoms with E-state index in [1.165, 1.54) is 6.07 Å². The number of hydrogen-bond acceptors (Lipinski definition) is 2. The first kappa shape index (κ1) is 15.1. The predicted molar refractivity (Wildman–Crippen MR) is 82.5 cm³/mol. The van der Waals surface area contributed by atoms with Crippen molar-refractivity contribution < 1.29 is 9.13 Å². The molecule has 1 aliphatic heterocycles. The van der Waals surface area contributed by atoms with Gasteiger partial charge in [-0.2, -0.15) is 0 Å². The molecule has 0 bridgehead atoms. The van der Waals surface area contributed by atoms with Crippen LogP contribution in [0.1, 0.15) is 31.5 Å². The Morgan fingerprint density at radius 1 is 1.52 bits per heavy atom. The van der Waals surface area contributed by atoms with E-state index in [0.717, 1.165) is 30.9 Å². The van der Waals surface area contributed by atoms with Crippen molar-refractivity contribution in [2.45, 2.75) is 38.3 Å². The quantitative estimate of drug-likeness (QED) is 0.771. The molecule has 3 rings (SSSR count). The van der Waals surface area contributed by atoms with E-state index in [1.807, 2.05) is 11.5 Å². The molecule has 1 aliphatic rings. The molecule has 0 amide bonds. The topological polar surface area (TPSA) is 27.1 Å². The summed E-state index contributed by atoms with van der Waals surface area (Å²) >= 11 is 12.1. The highest BCUT2D eigenvalue weighted by atomic mass is 35.5. The summed E-state index contributed by atoms with van der Waals surface area (Å²) in [6.07, 6.45) is 1.19. The molecule has 21 heavy (non-hydrogen) atoms. The van der Waals surface area contributed by atoms with Crippen LogP contribution in [0, 0.1) is 11.7 Å². The summed E-state index contributed by atoms with van der Waals surface area (Å²) in [5.74, 6) is 0.692. The molecule has 3 atom stereocenters. The first-order valence-electron chi connectivity index (χ1n) is 7.08. The van der Waals surface area contributed by atoms with Gasteiger partial charge in [0.05, 0.1) is 27.5 Å². The van der Waals surface area contributed by atoms with E-state index >= 15 is 0 Å². The van der Waals surface area contributed by atoms with E-state index in [4.69, 9.17) is 27.9 Å². The summed E-state index contributed by atoms with van der Waals surface area (Å²) in [7, 11) is 0. The Labute approximate surface area is 133 Å². The van der Waals surface area contributed by atoms with Crippen LogP contribution in [0.25, 0.3) is 11.0 Å². The molecule has 1 saturated heterocycles. The van der Waals surface area contributed by atoms with Crippen molar-refractivity contribution in [2.24, 2.45) is 5.92 Å². The fourth-order valence-corrected chi connectivity index (χ4v) is 3.21. The van der Waals surface area contributed by atoms with Gasteiger partial charge in [-0.3, -0.25) is 0 Å². The van der Waals surface area contributed by atoms with Gasteiger partial charge in [0.2, 0.25) is 0 Å². The molecule has 1 aromatic carbocycles. The lowest BCUT2D eigenvalue weighted by atomic mass is 10.0. The monoisotopic (exact) mass is 330 g/mol. The van der Waals surface area contributed by atoms with Crippen molar-refractivity contribution in [1.29, 1.82) is 0 Å². The van der Waals surface area contributed by atoms with Crippen LogP contribution in [0.5, 0.6) is 0 Å². The Balaban J connectivity index is 2.09. The molecule has 1 fully saturated rings. The number of alkyl halides is 1. The number of halogens is 3. The highest BCUT2D eigenvalue weighted by Crippen LogP contribution is 2.31. The van der Waals surface area contributed by atoms with Crippen molar-refractivity contribution in [3.8, 4) is 0 Å². The van der Waals surface area contributed by atoms with Crippen LogP contribution in [-0.4, -0.2) is 22.3 Å². The minimum Gasteiger partial charge on any atom is -0.378 e. The number of benzene rings is 1. The molecule has 6 heteroatoms. The molecule has 3 nitrogen and oxygen atoms in total. The standard InChI is InChI=1S/C15H17Cl2FN2O/c1-8(16)15-19-13-5-11(17)12(18)6-14(13)20(15)7-10-3-4-21-9(10)2/h5-6,8-10H,3-4,7H2,1-2H3. The second-order valence-electron chi connectivity index (χ2n) is 5.58. The van der Waals surface area contributed by atoms with Gasteiger partial charge in [-0.25, -0.2) is 9.37 Å². The summed E-state index contributed by atoms with van der Waals surface area (Å²) in [6.45, 7) is 5.43. The zero-order chi connectivity index (χ0) is 15.1. The largest absolute Gasteiger partial charge is 0.378 e. The summed E-state index contributed by atoms with van der Waals surface area (Å²) in [6, 6.07) is 2.99. The summed E-state index contributed by atoms with van der Waals surface area (Å²) in [5.41, 5.74) is 1.41. The van der Waals surface area contributed by atoms with Gasteiger partial charge in [-0.15, -0.1) is 11.6 Å². The van der Waals surface area contributed by atoms with Crippen LogP contribution in [0.3, 0.4) is 0 Å². The molecular weight excluding hydrogens is 314 g/mol. The van der Waals surface area contributed by atoms with Crippen molar-refractivity contribution in [2.75, 3.05) is 6.61 Å². The normalized spacial score (nSPS) is 23.9. The second kappa shape index (κ2) is 5.75. The number of ether oxygens (including phenoxy) is 1. The van der Waals surface area contributed by atoms with E-state index in [1.54, 1.807) is 6.07 Å². The lowest BCUT2D eigenvalue weighted by Crippen LogP contribution is -2.19. The Bertz CT molecular complexity index is 671. The van der Waals surface area contributed by atoms with Crippen LogP contribution >= 0.6 is 23.2 Å². The lowest BCUT2D eigenvalue weighted by Gasteiger charge is -2.18. The molecule has 114 valence electrons. The van der Waals surface area contributed by atoms with E-state index in [2.05, 4.69) is 11.9 Å². The third-order valence-corrected chi connectivity index (χ3v) is 4.61. The molecule has 0 aliphatic carbocycles. The van der Waals surface area contributed by atoms with Gasteiger partial charge >= 0.3 is 0 Å². The van der Waals surface area contributed by atoms with Crippen LogP contribution in [0.4, 0.5) is 4.39 Å². The minimum atomic E-state index is -0.435. The number of fused-ring (bicyclic) bond motifs is 1. The molecule has 0 radical (unpaired) electrons.